The van der Waals surface area contributed by atoms with Crippen LogP contribution in [0.3, 0.4) is 0 Å². The van der Waals surface area contributed by atoms with Gasteiger partial charge in [0.1, 0.15) is 36.0 Å². The second-order valence-electron chi connectivity index (χ2n) is 7.61. The standard InChI is InChI=1S/C22H22F3NO6/c23-14-2-1-3-15-17(14)12(8-11-4-6-13(7-5-11)31-22(24)25)9-26(15)21-20(30)19(29)18(28)16(10-27)32-21/h1-7,9,16,18-22,27-30H,8,10H2/t16-,18-,19+,20-,21-/m1/s1. The molecule has 1 aliphatic rings. The summed E-state index contributed by atoms with van der Waals surface area (Å²) in [6.45, 7) is -3.53. The van der Waals surface area contributed by atoms with Crippen LogP contribution in [0.5, 0.6) is 5.75 Å². The summed E-state index contributed by atoms with van der Waals surface area (Å²) >= 11 is 0. The second-order valence-corrected chi connectivity index (χ2v) is 7.61. The number of aliphatic hydroxyl groups excluding tert-OH is 4. The Balaban J connectivity index is 1.71. The topological polar surface area (TPSA) is 104 Å². The smallest absolute Gasteiger partial charge is 0.387 e. The highest BCUT2D eigenvalue weighted by Crippen LogP contribution is 2.35. The molecular weight excluding hydrogens is 431 g/mol. The van der Waals surface area contributed by atoms with Gasteiger partial charge in [-0.2, -0.15) is 8.78 Å². The molecule has 0 saturated carbocycles. The van der Waals surface area contributed by atoms with Gasteiger partial charge in [0, 0.05) is 11.6 Å². The zero-order chi connectivity index (χ0) is 23.0. The lowest BCUT2D eigenvalue weighted by atomic mass is 9.98. The molecule has 1 aromatic heterocycles. The van der Waals surface area contributed by atoms with Crippen molar-refractivity contribution in [3.63, 3.8) is 0 Å². The van der Waals surface area contributed by atoms with Crippen LogP contribution in [0, 0.1) is 5.82 Å². The number of hydrogen-bond donors (Lipinski definition) is 4. The molecule has 32 heavy (non-hydrogen) atoms. The van der Waals surface area contributed by atoms with E-state index in [-0.39, 0.29) is 17.6 Å². The van der Waals surface area contributed by atoms with Crippen molar-refractivity contribution >= 4 is 10.9 Å². The first-order chi connectivity index (χ1) is 15.3. The molecule has 1 aliphatic heterocycles. The number of halogens is 3. The summed E-state index contributed by atoms with van der Waals surface area (Å²) in [6.07, 6.45) is -5.15. The van der Waals surface area contributed by atoms with E-state index >= 15 is 0 Å². The van der Waals surface area contributed by atoms with Crippen molar-refractivity contribution < 1.29 is 43.1 Å². The number of aliphatic hydroxyl groups is 4. The number of alkyl halides is 2. The minimum absolute atomic E-state index is 0.00122. The first-order valence-corrected chi connectivity index (χ1v) is 9.92. The summed E-state index contributed by atoms with van der Waals surface area (Å²) in [5, 5.41) is 40.4. The van der Waals surface area contributed by atoms with E-state index in [9.17, 15) is 33.6 Å². The van der Waals surface area contributed by atoms with E-state index in [1.54, 1.807) is 24.4 Å². The van der Waals surface area contributed by atoms with Gasteiger partial charge in [0.05, 0.1) is 12.1 Å². The van der Waals surface area contributed by atoms with E-state index in [0.717, 1.165) is 0 Å². The zero-order valence-corrected chi connectivity index (χ0v) is 16.7. The number of aromatic nitrogens is 1. The fourth-order valence-electron chi connectivity index (χ4n) is 4.01. The monoisotopic (exact) mass is 453 g/mol. The van der Waals surface area contributed by atoms with Gasteiger partial charge in [0.2, 0.25) is 0 Å². The van der Waals surface area contributed by atoms with Crippen molar-refractivity contribution in [1.29, 1.82) is 0 Å². The predicted molar refractivity (Wildman–Crippen MR) is 107 cm³/mol. The van der Waals surface area contributed by atoms with Gasteiger partial charge < -0.3 is 34.5 Å². The lowest BCUT2D eigenvalue weighted by Crippen LogP contribution is -2.56. The molecule has 0 spiro atoms. The molecule has 0 radical (unpaired) electrons. The molecule has 2 aromatic carbocycles. The average Bonchev–Trinajstić information content (AvgIpc) is 3.13. The summed E-state index contributed by atoms with van der Waals surface area (Å²) in [5.74, 6) is -0.517. The van der Waals surface area contributed by atoms with Crippen molar-refractivity contribution in [3.8, 4) is 5.75 Å². The second kappa shape index (κ2) is 9.08. The van der Waals surface area contributed by atoms with Crippen molar-refractivity contribution in [1.82, 2.24) is 4.57 Å². The van der Waals surface area contributed by atoms with E-state index in [1.807, 2.05) is 0 Å². The minimum atomic E-state index is -2.94. The van der Waals surface area contributed by atoms with Gasteiger partial charge in [-0.25, -0.2) is 4.39 Å². The summed E-state index contributed by atoms with van der Waals surface area (Å²) in [7, 11) is 0. The summed E-state index contributed by atoms with van der Waals surface area (Å²) in [5.41, 5.74) is 1.60. The Kier molecular flexibility index (Phi) is 6.40. The first kappa shape index (κ1) is 22.6. The van der Waals surface area contributed by atoms with Crippen LogP contribution in [0.25, 0.3) is 10.9 Å². The van der Waals surface area contributed by atoms with Crippen LogP contribution in [0.1, 0.15) is 17.4 Å². The highest BCUT2D eigenvalue weighted by atomic mass is 19.3. The van der Waals surface area contributed by atoms with E-state index in [0.29, 0.717) is 16.6 Å². The summed E-state index contributed by atoms with van der Waals surface area (Å²) in [4.78, 5) is 0. The van der Waals surface area contributed by atoms with Crippen LogP contribution >= 0.6 is 0 Å². The van der Waals surface area contributed by atoms with Crippen molar-refractivity contribution in [3.05, 3.63) is 65.6 Å². The van der Waals surface area contributed by atoms with Gasteiger partial charge in [-0.15, -0.1) is 0 Å². The Morgan fingerprint density at radius 2 is 1.72 bits per heavy atom. The number of benzene rings is 2. The molecule has 0 aliphatic carbocycles. The molecule has 4 rings (SSSR count). The van der Waals surface area contributed by atoms with Crippen molar-refractivity contribution in [2.75, 3.05) is 6.61 Å². The highest BCUT2D eigenvalue weighted by Gasteiger charge is 2.44. The van der Waals surface area contributed by atoms with E-state index in [2.05, 4.69) is 4.74 Å². The van der Waals surface area contributed by atoms with Crippen LogP contribution in [-0.2, 0) is 11.2 Å². The molecule has 4 N–H and O–H groups in total. The van der Waals surface area contributed by atoms with E-state index < -0.39 is 49.7 Å². The largest absolute Gasteiger partial charge is 0.435 e. The lowest BCUT2D eigenvalue weighted by Gasteiger charge is -2.40. The highest BCUT2D eigenvalue weighted by molar-refractivity contribution is 5.85. The molecule has 1 fully saturated rings. The third-order valence-corrected chi connectivity index (χ3v) is 5.57. The molecule has 0 bridgehead atoms. The molecule has 1 saturated heterocycles. The van der Waals surface area contributed by atoms with Gasteiger partial charge in [0.25, 0.3) is 0 Å². The van der Waals surface area contributed by atoms with Crippen LogP contribution in [-0.4, -0.2) is 62.6 Å². The SMILES string of the molecule is OC[C@H]1O[C@@H](n2cc(Cc3ccc(OC(F)F)cc3)c3c(F)cccc32)[C@H](O)[C@@H](O)[C@@H]1O. The molecule has 172 valence electrons. The van der Waals surface area contributed by atoms with Crippen molar-refractivity contribution in [2.45, 2.75) is 43.7 Å². The van der Waals surface area contributed by atoms with Gasteiger partial charge >= 0.3 is 6.61 Å². The zero-order valence-electron chi connectivity index (χ0n) is 16.7. The number of fused-ring (bicyclic) bond motifs is 1. The van der Waals surface area contributed by atoms with E-state index in [4.69, 9.17) is 4.74 Å². The Morgan fingerprint density at radius 3 is 2.38 bits per heavy atom. The number of rotatable bonds is 6. The van der Waals surface area contributed by atoms with E-state index in [1.165, 1.54) is 28.8 Å². The van der Waals surface area contributed by atoms with Crippen molar-refractivity contribution in [2.24, 2.45) is 0 Å². The van der Waals surface area contributed by atoms with Crippen LogP contribution < -0.4 is 4.74 Å². The Labute approximate surface area is 180 Å². The molecule has 0 unspecified atom stereocenters. The van der Waals surface area contributed by atoms with Gasteiger partial charge in [-0.05, 0) is 41.8 Å². The maximum Gasteiger partial charge on any atom is 0.387 e. The molecule has 5 atom stereocenters. The fourth-order valence-corrected chi connectivity index (χ4v) is 4.01. The lowest BCUT2D eigenvalue weighted by molar-refractivity contribution is -0.250. The first-order valence-electron chi connectivity index (χ1n) is 9.92. The predicted octanol–water partition coefficient (Wildman–Crippen LogP) is 1.94. The number of nitrogens with zero attached hydrogens (tertiary/aromatic N) is 1. The van der Waals surface area contributed by atoms with Crippen LogP contribution in [0.4, 0.5) is 13.2 Å². The Morgan fingerprint density at radius 1 is 1.00 bits per heavy atom. The average molecular weight is 453 g/mol. The normalized spacial score (nSPS) is 26.1. The summed E-state index contributed by atoms with van der Waals surface area (Å²) in [6, 6.07) is 10.3. The van der Waals surface area contributed by atoms with Gasteiger partial charge in [-0.3, -0.25) is 0 Å². The molecular formula is C22H22F3NO6. The molecule has 3 aromatic rings. The molecule has 10 heteroatoms. The molecule has 2 heterocycles. The van der Waals surface area contributed by atoms with Gasteiger partial charge in [0.15, 0.2) is 6.23 Å². The fraction of sp³-hybridized carbons (Fsp3) is 0.364. The molecule has 0 amide bonds. The Bertz CT molecular complexity index is 1070. The summed E-state index contributed by atoms with van der Waals surface area (Å²) < 4.78 is 50.9. The maximum atomic E-state index is 14.8. The van der Waals surface area contributed by atoms with Gasteiger partial charge in [-0.1, -0.05) is 18.2 Å². The Hall–Kier alpha value is -2.63. The number of hydrogen-bond acceptors (Lipinski definition) is 6. The van der Waals surface area contributed by atoms with Crippen LogP contribution in [0.15, 0.2) is 48.7 Å². The third kappa shape index (κ3) is 4.19. The third-order valence-electron chi connectivity index (χ3n) is 5.57. The number of ether oxygens (including phenoxy) is 2. The van der Waals surface area contributed by atoms with Crippen LogP contribution in [0.2, 0.25) is 0 Å². The maximum absolute atomic E-state index is 14.8. The minimum Gasteiger partial charge on any atom is -0.435 e. The quantitative estimate of drug-likeness (QED) is 0.455. The molecule has 7 nitrogen and oxygen atoms in total.